The van der Waals surface area contributed by atoms with Crippen LogP contribution >= 0.6 is 15.9 Å². The van der Waals surface area contributed by atoms with Crippen molar-refractivity contribution in [2.45, 2.75) is 18.9 Å². The topological polar surface area (TPSA) is 78.3 Å². The van der Waals surface area contributed by atoms with Crippen LogP contribution in [0.4, 0.5) is 0 Å². The molecule has 1 fully saturated rings. The van der Waals surface area contributed by atoms with Crippen LogP contribution < -0.4 is 5.11 Å². The summed E-state index contributed by atoms with van der Waals surface area (Å²) in [6.07, 6.45) is 3.03. The Balaban J connectivity index is 2.08. The van der Waals surface area contributed by atoms with Crippen molar-refractivity contribution in [3.05, 3.63) is 46.0 Å². The highest BCUT2D eigenvalue weighted by Crippen LogP contribution is 2.41. The molecule has 1 saturated heterocycles. The molecule has 3 heterocycles. The summed E-state index contributed by atoms with van der Waals surface area (Å²) < 4.78 is 2.40. The van der Waals surface area contributed by atoms with Crippen molar-refractivity contribution in [1.82, 2.24) is 14.5 Å². The molecule has 1 aromatic heterocycles. The number of imidazole rings is 1. The van der Waals surface area contributed by atoms with Crippen LogP contribution in [-0.2, 0) is 0 Å². The molecule has 112 valence electrons. The van der Waals surface area contributed by atoms with Crippen LogP contribution in [0, 0.1) is 0 Å². The van der Waals surface area contributed by atoms with Gasteiger partial charge in [-0.05, 0) is 40.9 Å². The predicted octanol–water partition coefficient (Wildman–Crippen LogP) is 1.29. The highest BCUT2D eigenvalue weighted by molar-refractivity contribution is 9.10. The molecule has 22 heavy (non-hydrogen) atoms. The molecule has 0 saturated carbocycles. The Labute approximate surface area is 134 Å². The Morgan fingerprint density at radius 2 is 2.23 bits per heavy atom. The molecule has 1 amide bonds. The largest absolute Gasteiger partial charge is 0.543 e. The van der Waals surface area contributed by atoms with Crippen LogP contribution in [0.25, 0.3) is 5.69 Å². The Hall–Kier alpha value is -2.15. The van der Waals surface area contributed by atoms with Crippen molar-refractivity contribution in [2.24, 2.45) is 0 Å². The van der Waals surface area contributed by atoms with E-state index in [9.17, 15) is 14.7 Å². The summed E-state index contributed by atoms with van der Waals surface area (Å²) in [5.41, 5.74) is 1.62. The number of amides is 1. The molecule has 4 rings (SSSR count). The molecule has 7 heteroatoms. The van der Waals surface area contributed by atoms with Crippen molar-refractivity contribution >= 4 is 27.8 Å². The van der Waals surface area contributed by atoms with E-state index in [2.05, 4.69) is 20.9 Å². The Morgan fingerprint density at radius 3 is 3.00 bits per heavy atom. The average molecular weight is 361 g/mol. The quantitative estimate of drug-likeness (QED) is 0.767. The summed E-state index contributed by atoms with van der Waals surface area (Å²) in [7, 11) is 0. The molecule has 0 aliphatic carbocycles. The van der Waals surface area contributed by atoms with Gasteiger partial charge in [-0.1, -0.05) is 6.07 Å². The maximum Gasteiger partial charge on any atom is 0.257 e. The highest BCUT2D eigenvalue weighted by Gasteiger charge is 2.39. The van der Waals surface area contributed by atoms with E-state index in [-0.39, 0.29) is 17.6 Å². The fourth-order valence-corrected chi connectivity index (χ4v) is 3.91. The summed E-state index contributed by atoms with van der Waals surface area (Å²) in [5.74, 6) is -1.40. The number of carboxylic acids is 1. The maximum atomic E-state index is 12.9. The minimum Gasteiger partial charge on any atom is -0.543 e. The first-order valence-electron chi connectivity index (χ1n) is 6.98. The van der Waals surface area contributed by atoms with Gasteiger partial charge in [0.05, 0.1) is 29.0 Å². The van der Waals surface area contributed by atoms with Crippen LogP contribution in [0.1, 0.15) is 45.4 Å². The van der Waals surface area contributed by atoms with Crippen molar-refractivity contribution < 1.29 is 14.7 Å². The van der Waals surface area contributed by atoms with Crippen molar-refractivity contribution in [3.8, 4) is 5.69 Å². The number of carbonyl (C=O) groups is 2. The second kappa shape index (κ2) is 4.67. The number of carboxylic acid groups (broad SMARTS) is 1. The molecule has 0 unspecified atom stereocenters. The van der Waals surface area contributed by atoms with E-state index in [1.54, 1.807) is 15.5 Å². The number of rotatable bonds is 1. The first kappa shape index (κ1) is 13.5. The number of aromatic nitrogens is 2. The van der Waals surface area contributed by atoms with Gasteiger partial charge in [-0.2, -0.15) is 0 Å². The minimum atomic E-state index is -1.31. The molecular weight excluding hydrogens is 350 g/mol. The first-order chi connectivity index (χ1) is 10.6. The zero-order valence-corrected chi connectivity index (χ0v) is 13.0. The van der Waals surface area contributed by atoms with Crippen LogP contribution in [0.3, 0.4) is 0 Å². The van der Waals surface area contributed by atoms with Gasteiger partial charge in [0.15, 0.2) is 0 Å². The number of nitrogens with zero attached hydrogens (tertiary/aromatic N) is 3. The Kier molecular flexibility index (Phi) is 2.87. The predicted molar refractivity (Wildman–Crippen MR) is 78.6 cm³/mol. The monoisotopic (exact) mass is 360 g/mol. The van der Waals surface area contributed by atoms with Gasteiger partial charge in [0.2, 0.25) is 0 Å². The van der Waals surface area contributed by atoms with Crippen LogP contribution in [0.5, 0.6) is 0 Å². The van der Waals surface area contributed by atoms with Crippen molar-refractivity contribution in [1.29, 1.82) is 0 Å². The number of carbonyl (C=O) groups excluding carboxylic acids is 2. The van der Waals surface area contributed by atoms with Crippen molar-refractivity contribution in [3.63, 3.8) is 0 Å². The van der Waals surface area contributed by atoms with Gasteiger partial charge in [-0.3, -0.25) is 9.36 Å². The van der Waals surface area contributed by atoms with Gasteiger partial charge in [0.1, 0.15) is 12.0 Å². The van der Waals surface area contributed by atoms with E-state index in [0.717, 1.165) is 12.8 Å². The lowest BCUT2D eigenvalue weighted by molar-refractivity contribution is -0.255. The number of benzene rings is 1. The summed E-state index contributed by atoms with van der Waals surface area (Å²) >= 11 is 3.43. The van der Waals surface area contributed by atoms with Gasteiger partial charge in [0.25, 0.3) is 5.91 Å². The molecule has 1 aromatic carbocycles. The standard InChI is InChI=1S/C15H12BrN3O3/c16-8-3-1-4-9-11(8)14(20)18-6-2-5-10(18)13-12(15(21)22)17-7-19(9)13/h1,3-4,7,10H,2,5-6H2,(H,21,22)/p-1/t10-/m0/s1. The summed E-state index contributed by atoms with van der Waals surface area (Å²) in [6.45, 7) is 0.613. The first-order valence-corrected chi connectivity index (χ1v) is 7.77. The van der Waals surface area contributed by atoms with Crippen LogP contribution in [0.15, 0.2) is 29.0 Å². The molecule has 0 bridgehead atoms. The normalized spacial score (nSPS) is 19.4. The van der Waals surface area contributed by atoms with Crippen molar-refractivity contribution in [2.75, 3.05) is 6.54 Å². The Bertz CT molecular complexity index is 814. The smallest absolute Gasteiger partial charge is 0.257 e. The molecule has 1 atom stereocenters. The highest BCUT2D eigenvalue weighted by atomic mass is 79.9. The zero-order chi connectivity index (χ0) is 15.4. The molecular formula is C15H11BrN3O3-. The fourth-order valence-electron chi connectivity index (χ4n) is 3.39. The number of halogens is 1. The van der Waals surface area contributed by atoms with Gasteiger partial charge in [-0.15, -0.1) is 0 Å². The van der Waals surface area contributed by atoms with Crippen LogP contribution in [-0.4, -0.2) is 32.9 Å². The fraction of sp³-hybridized carbons (Fsp3) is 0.267. The third kappa shape index (κ3) is 1.68. The number of aromatic carboxylic acids is 1. The lowest BCUT2D eigenvalue weighted by Crippen LogP contribution is -2.32. The van der Waals surface area contributed by atoms with E-state index < -0.39 is 5.97 Å². The van der Waals surface area contributed by atoms with E-state index in [1.807, 2.05) is 12.1 Å². The maximum absolute atomic E-state index is 12.9. The van der Waals surface area contributed by atoms with E-state index >= 15 is 0 Å². The second-order valence-electron chi connectivity index (χ2n) is 5.43. The van der Waals surface area contributed by atoms with Gasteiger partial charge < -0.3 is 14.8 Å². The average Bonchev–Trinajstić information content (AvgIpc) is 3.10. The second-order valence-corrected chi connectivity index (χ2v) is 6.28. The molecule has 0 radical (unpaired) electrons. The van der Waals surface area contributed by atoms with Gasteiger partial charge >= 0.3 is 0 Å². The van der Waals surface area contributed by atoms with E-state index in [4.69, 9.17) is 0 Å². The van der Waals surface area contributed by atoms with Gasteiger partial charge in [0, 0.05) is 11.0 Å². The van der Waals surface area contributed by atoms with E-state index in [0.29, 0.717) is 28.0 Å². The molecule has 2 aromatic rings. The van der Waals surface area contributed by atoms with Gasteiger partial charge in [-0.25, -0.2) is 4.98 Å². The lowest BCUT2D eigenvalue weighted by Gasteiger charge is -2.23. The Morgan fingerprint density at radius 1 is 1.41 bits per heavy atom. The molecule has 2 aliphatic heterocycles. The molecule has 6 nitrogen and oxygen atoms in total. The summed E-state index contributed by atoms with van der Waals surface area (Å²) in [4.78, 5) is 30.0. The zero-order valence-electron chi connectivity index (χ0n) is 11.5. The number of hydrogen-bond acceptors (Lipinski definition) is 4. The van der Waals surface area contributed by atoms with Crippen LogP contribution in [0.2, 0.25) is 0 Å². The third-order valence-corrected chi connectivity index (χ3v) is 4.95. The number of hydrogen-bond donors (Lipinski definition) is 0. The summed E-state index contributed by atoms with van der Waals surface area (Å²) in [6, 6.07) is 5.14. The van der Waals surface area contributed by atoms with E-state index in [1.165, 1.54) is 6.33 Å². The number of fused-ring (bicyclic) bond motifs is 5. The SMILES string of the molecule is O=C([O-])c1ncn2c1[C@@H]1CCCN1C(=O)c1c(Br)cccc1-2. The molecule has 0 spiro atoms. The molecule has 2 aliphatic rings. The lowest BCUT2D eigenvalue weighted by atomic mass is 10.1. The third-order valence-electron chi connectivity index (χ3n) is 4.29. The molecule has 0 N–H and O–H groups in total. The summed E-state index contributed by atoms with van der Waals surface area (Å²) in [5, 5.41) is 11.4. The minimum absolute atomic E-state index is 0.0852.